The van der Waals surface area contributed by atoms with Gasteiger partial charge < -0.3 is 14.4 Å². The van der Waals surface area contributed by atoms with Gasteiger partial charge in [-0.05, 0) is 23.6 Å². The average molecular weight is 473 g/mol. The van der Waals surface area contributed by atoms with Gasteiger partial charge in [0.2, 0.25) is 11.8 Å². The van der Waals surface area contributed by atoms with E-state index in [1.807, 2.05) is 27.8 Å². The number of carbonyl (C=O) groups excluding carboxylic acids is 3. The van der Waals surface area contributed by atoms with Crippen LogP contribution in [0.25, 0.3) is 0 Å². The Balaban J connectivity index is 1.30. The first-order valence-electron chi connectivity index (χ1n) is 12.2. The van der Waals surface area contributed by atoms with Crippen molar-refractivity contribution in [2.24, 2.45) is 0 Å². The molecule has 180 valence electrons. The first-order valence-corrected chi connectivity index (χ1v) is 12.2. The average Bonchev–Trinajstić information content (AvgIpc) is 3.11. The molecule has 2 fully saturated rings. The molecule has 2 unspecified atom stereocenters. The van der Waals surface area contributed by atoms with Crippen molar-refractivity contribution in [1.29, 1.82) is 0 Å². The molecule has 2 aromatic rings. The van der Waals surface area contributed by atoms with Crippen LogP contribution < -0.4 is 15.5 Å². The molecule has 3 amide bonds. The fraction of sp³-hybridized carbons (Fsp3) is 0.400. The van der Waals surface area contributed by atoms with Crippen molar-refractivity contribution in [2.75, 3.05) is 26.3 Å². The van der Waals surface area contributed by atoms with Crippen LogP contribution in [0.3, 0.4) is 0 Å². The highest BCUT2D eigenvalue weighted by atomic mass is 16.5. The van der Waals surface area contributed by atoms with Crippen LogP contribution in [0.1, 0.15) is 45.8 Å². The second kappa shape index (κ2) is 9.87. The summed E-state index contributed by atoms with van der Waals surface area (Å²) < 4.78 is 11.6. The largest absolute Gasteiger partial charge is 0.489 e. The molecule has 35 heavy (non-hydrogen) atoms. The van der Waals surface area contributed by atoms with Crippen LogP contribution in [0, 0.1) is 0 Å². The van der Waals surface area contributed by atoms with Crippen molar-refractivity contribution in [3.8, 4) is 5.75 Å². The third-order valence-electron chi connectivity index (χ3n) is 7.17. The van der Waals surface area contributed by atoms with Crippen LogP contribution in [0.15, 0.2) is 36.4 Å². The molecule has 2 aromatic carbocycles. The molecule has 3 aliphatic heterocycles. The van der Waals surface area contributed by atoms with Crippen molar-refractivity contribution < 1.29 is 23.9 Å². The number of imide groups is 1. The Kier molecular flexibility index (Phi) is 6.67. The molecule has 2 atom stereocenters. The Morgan fingerprint density at radius 2 is 1.74 bits per heavy atom. The van der Waals surface area contributed by atoms with Gasteiger partial charge in [-0.25, -0.2) is 0 Å². The fourth-order valence-corrected chi connectivity index (χ4v) is 5.26. The maximum Gasteiger partial charge on any atom is 0.254 e. The first kappa shape index (κ1) is 23.6. The zero-order chi connectivity index (χ0) is 24.5. The zero-order valence-electron chi connectivity index (χ0n) is 20.2. The monoisotopic (exact) mass is 473 g/mol. The maximum absolute atomic E-state index is 13.4. The third-order valence-corrected chi connectivity index (χ3v) is 7.17. The molecule has 0 radical (unpaired) electrons. The summed E-state index contributed by atoms with van der Waals surface area (Å²) in [7, 11) is 3.81. The summed E-state index contributed by atoms with van der Waals surface area (Å²) in [6.07, 6.45) is 0.563. The molecule has 0 aromatic heterocycles. The van der Waals surface area contributed by atoms with Gasteiger partial charge in [0.1, 0.15) is 34.1 Å². The van der Waals surface area contributed by atoms with E-state index >= 15 is 0 Å². The predicted molar refractivity (Wildman–Crippen MR) is 135 cm³/mol. The predicted octanol–water partition coefficient (Wildman–Crippen LogP) is -0.751. The number of benzene rings is 2. The smallest absolute Gasteiger partial charge is 0.254 e. The van der Waals surface area contributed by atoms with Crippen LogP contribution in [0.4, 0.5) is 0 Å². The Hall–Kier alpha value is -3.10. The number of fused-ring (bicyclic) bond motifs is 1. The highest BCUT2D eigenvalue weighted by molar-refractivity contribution is 6.38. The van der Waals surface area contributed by atoms with Crippen molar-refractivity contribution in [3.05, 3.63) is 58.7 Å². The van der Waals surface area contributed by atoms with E-state index in [1.54, 1.807) is 4.90 Å². The quantitative estimate of drug-likeness (QED) is 0.439. The van der Waals surface area contributed by atoms with Gasteiger partial charge in [-0.1, -0.05) is 35.8 Å². The van der Waals surface area contributed by atoms with E-state index in [0.717, 1.165) is 49.4 Å². The van der Waals surface area contributed by atoms with E-state index in [9.17, 15) is 14.4 Å². The summed E-state index contributed by atoms with van der Waals surface area (Å²) in [5.74, 6) is -0.561. The standard InChI is InChI=1S/C25H29B2N3O5/c26-17-5-7-19(35-14-16-3-1-15(2-4-16)13-29-9-11-34-12-10-29)22-21(17)25(33)30(23(22)27)18-6-8-20(31)28-24(18)32/h1-5,7,18,23H,6,8-14,26-27H2,(H,28,31,32). The third kappa shape index (κ3) is 4.73. The van der Waals surface area contributed by atoms with Crippen LogP contribution in [0.5, 0.6) is 5.75 Å². The summed E-state index contributed by atoms with van der Waals surface area (Å²) in [4.78, 5) is 41.5. The molecule has 5 rings (SSSR count). The van der Waals surface area contributed by atoms with Crippen LogP contribution >= 0.6 is 0 Å². The van der Waals surface area contributed by atoms with Gasteiger partial charge in [0.15, 0.2) is 0 Å². The zero-order valence-corrected chi connectivity index (χ0v) is 20.2. The lowest BCUT2D eigenvalue weighted by molar-refractivity contribution is -0.137. The molecule has 0 spiro atoms. The molecule has 1 N–H and O–H groups in total. The molecule has 0 saturated carbocycles. The number of morpholine rings is 1. The summed E-state index contributed by atoms with van der Waals surface area (Å²) >= 11 is 0. The number of amides is 3. The van der Waals surface area contributed by atoms with Gasteiger partial charge in [0.05, 0.1) is 13.2 Å². The molecule has 8 nitrogen and oxygen atoms in total. The van der Waals surface area contributed by atoms with Gasteiger partial charge in [0, 0.05) is 43.1 Å². The number of hydrogen-bond donors (Lipinski definition) is 1. The van der Waals surface area contributed by atoms with E-state index in [4.69, 9.17) is 9.47 Å². The van der Waals surface area contributed by atoms with Crippen LogP contribution in [-0.2, 0) is 27.5 Å². The number of piperidine rings is 1. The van der Waals surface area contributed by atoms with E-state index in [1.165, 1.54) is 5.56 Å². The SMILES string of the molecule is Bc1ccc(OCc2ccc(CN3CCOCC3)cc2)c2c1C(=O)N(C1CCC(=O)NC1=O)C2B. The molecule has 10 heteroatoms. The second-order valence-electron chi connectivity index (χ2n) is 9.52. The summed E-state index contributed by atoms with van der Waals surface area (Å²) in [6, 6.07) is 11.5. The molecule has 2 saturated heterocycles. The van der Waals surface area contributed by atoms with Crippen molar-refractivity contribution in [1.82, 2.24) is 15.1 Å². The fourth-order valence-electron chi connectivity index (χ4n) is 5.26. The maximum atomic E-state index is 13.4. The molecule has 3 heterocycles. The van der Waals surface area contributed by atoms with Crippen molar-refractivity contribution in [3.63, 3.8) is 0 Å². The number of rotatable bonds is 6. The minimum absolute atomic E-state index is 0.183. The lowest BCUT2D eigenvalue weighted by Gasteiger charge is -2.33. The minimum Gasteiger partial charge on any atom is -0.489 e. The number of ether oxygens (including phenoxy) is 2. The van der Waals surface area contributed by atoms with Gasteiger partial charge in [-0.2, -0.15) is 0 Å². The Labute approximate surface area is 206 Å². The molecular formula is C25H29B2N3O5. The number of carbonyl (C=O) groups is 3. The summed E-state index contributed by atoms with van der Waals surface area (Å²) in [5, 5.41) is 2.37. The lowest BCUT2D eigenvalue weighted by Crippen LogP contribution is -2.53. The molecule has 0 aliphatic carbocycles. The topological polar surface area (TPSA) is 88.2 Å². The number of hydrogen-bond acceptors (Lipinski definition) is 6. The van der Waals surface area contributed by atoms with Crippen LogP contribution in [-0.4, -0.2) is 75.6 Å². The van der Waals surface area contributed by atoms with E-state index < -0.39 is 11.9 Å². The van der Waals surface area contributed by atoms with E-state index in [2.05, 4.69) is 34.5 Å². The van der Waals surface area contributed by atoms with Gasteiger partial charge in [-0.15, -0.1) is 0 Å². The number of nitrogens with zero attached hydrogens (tertiary/aromatic N) is 2. The van der Waals surface area contributed by atoms with Gasteiger partial charge in [-0.3, -0.25) is 24.6 Å². The Bertz CT molecular complexity index is 1150. The van der Waals surface area contributed by atoms with Crippen molar-refractivity contribution >= 4 is 38.9 Å². The first-order chi connectivity index (χ1) is 16.9. The van der Waals surface area contributed by atoms with E-state index in [-0.39, 0.29) is 24.2 Å². The van der Waals surface area contributed by atoms with Gasteiger partial charge >= 0.3 is 0 Å². The number of nitrogens with one attached hydrogen (secondary N) is 1. The van der Waals surface area contributed by atoms with Crippen LogP contribution in [0.2, 0.25) is 0 Å². The molecule has 3 aliphatic rings. The van der Waals surface area contributed by atoms with Gasteiger partial charge in [0.25, 0.3) is 5.91 Å². The second-order valence-corrected chi connectivity index (χ2v) is 9.52. The van der Waals surface area contributed by atoms with E-state index in [0.29, 0.717) is 24.3 Å². The highest BCUT2D eigenvalue weighted by Crippen LogP contribution is 2.39. The lowest BCUT2D eigenvalue weighted by atomic mass is 9.82. The normalized spacial score (nSPS) is 22.7. The summed E-state index contributed by atoms with van der Waals surface area (Å²) in [6.45, 7) is 4.77. The summed E-state index contributed by atoms with van der Waals surface area (Å²) in [5.41, 5.74) is 4.56. The molecule has 0 bridgehead atoms. The van der Waals surface area contributed by atoms with Crippen molar-refractivity contribution in [2.45, 2.75) is 38.0 Å². The molecular weight excluding hydrogens is 444 g/mol. The Morgan fingerprint density at radius 3 is 2.46 bits per heavy atom. The minimum atomic E-state index is -0.658. The Morgan fingerprint density at radius 1 is 1.03 bits per heavy atom. The highest BCUT2D eigenvalue weighted by Gasteiger charge is 2.44.